The number of piperidine rings is 1. The molecule has 0 spiro atoms. The summed E-state index contributed by atoms with van der Waals surface area (Å²) in [6, 6.07) is 10.6. The van der Waals surface area contributed by atoms with Gasteiger partial charge < -0.3 is 14.8 Å². The molecule has 0 bridgehead atoms. The number of anilines is 1. The van der Waals surface area contributed by atoms with E-state index in [2.05, 4.69) is 5.32 Å². The van der Waals surface area contributed by atoms with Crippen molar-refractivity contribution < 1.29 is 31.1 Å². The molecule has 2 aromatic carbocycles. The molecule has 0 aliphatic carbocycles. The van der Waals surface area contributed by atoms with Crippen molar-refractivity contribution >= 4 is 31.6 Å². The molecule has 2 aliphatic heterocycles. The van der Waals surface area contributed by atoms with E-state index in [1.165, 1.54) is 54.8 Å². The van der Waals surface area contributed by atoms with E-state index in [4.69, 9.17) is 9.47 Å². The third-order valence-electron chi connectivity index (χ3n) is 6.08. The zero-order valence-electron chi connectivity index (χ0n) is 19.6. The molecule has 0 aromatic heterocycles. The molecule has 10 nitrogen and oxygen atoms in total. The van der Waals surface area contributed by atoms with Crippen LogP contribution in [0.4, 0.5) is 5.69 Å². The SMILES string of the molecule is CN(C)S(=O)(=O)c1ccc(NC(=O)C2CCN(S(=O)(=O)c3ccc4c(c3)OCCCO4)CC2)cc1. The highest BCUT2D eigenvalue weighted by molar-refractivity contribution is 7.89. The van der Waals surface area contributed by atoms with Crippen molar-refractivity contribution in [3.05, 3.63) is 42.5 Å². The Kier molecular flexibility index (Phi) is 7.36. The second-order valence-corrected chi connectivity index (χ2v) is 12.7. The second-order valence-electron chi connectivity index (χ2n) is 8.64. The van der Waals surface area contributed by atoms with Crippen molar-refractivity contribution in [2.45, 2.75) is 29.1 Å². The van der Waals surface area contributed by atoms with Crippen LogP contribution in [0.3, 0.4) is 0 Å². The van der Waals surface area contributed by atoms with E-state index in [1.54, 1.807) is 6.07 Å². The fraction of sp³-hybridized carbons (Fsp3) is 0.435. The highest BCUT2D eigenvalue weighted by atomic mass is 32.2. The van der Waals surface area contributed by atoms with E-state index in [-0.39, 0.29) is 34.7 Å². The number of ether oxygens (including phenoxy) is 2. The largest absolute Gasteiger partial charge is 0.490 e. The molecule has 0 atom stereocenters. The molecule has 0 radical (unpaired) electrons. The molecule has 0 unspecified atom stereocenters. The third-order valence-corrected chi connectivity index (χ3v) is 9.81. The van der Waals surface area contributed by atoms with Gasteiger partial charge in [-0.3, -0.25) is 4.79 Å². The minimum atomic E-state index is -3.74. The fourth-order valence-corrected chi connectivity index (χ4v) is 6.36. The van der Waals surface area contributed by atoms with Crippen molar-refractivity contribution in [1.29, 1.82) is 0 Å². The average molecular weight is 524 g/mol. The Labute approximate surface area is 205 Å². The number of nitrogens with zero attached hydrogens (tertiary/aromatic N) is 2. The Morgan fingerprint density at radius 3 is 2.14 bits per heavy atom. The van der Waals surface area contributed by atoms with Crippen molar-refractivity contribution in [2.24, 2.45) is 5.92 Å². The normalized spacial score (nSPS) is 17.7. The minimum Gasteiger partial charge on any atom is -0.490 e. The van der Waals surface area contributed by atoms with Gasteiger partial charge >= 0.3 is 0 Å². The number of carbonyl (C=O) groups excluding carboxylic acids is 1. The van der Waals surface area contributed by atoms with Crippen molar-refractivity contribution in [2.75, 3.05) is 45.7 Å². The maximum absolute atomic E-state index is 13.2. The number of hydrogen-bond donors (Lipinski definition) is 1. The van der Waals surface area contributed by atoms with E-state index < -0.39 is 20.0 Å². The van der Waals surface area contributed by atoms with Gasteiger partial charge in [0.15, 0.2) is 11.5 Å². The van der Waals surface area contributed by atoms with Crippen LogP contribution in [0, 0.1) is 5.92 Å². The highest BCUT2D eigenvalue weighted by Gasteiger charge is 2.33. The molecule has 1 amide bonds. The molecule has 1 N–H and O–H groups in total. The molecule has 0 saturated carbocycles. The lowest BCUT2D eigenvalue weighted by Crippen LogP contribution is -2.41. The monoisotopic (exact) mass is 523 g/mol. The number of amides is 1. The van der Waals surface area contributed by atoms with Crippen LogP contribution >= 0.6 is 0 Å². The summed E-state index contributed by atoms with van der Waals surface area (Å²) in [5.41, 5.74) is 0.481. The van der Waals surface area contributed by atoms with Gasteiger partial charge in [0.25, 0.3) is 0 Å². The van der Waals surface area contributed by atoms with E-state index >= 15 is 0 Å². The quantitative estimate of drug-likeness (QED) is 0.616. The Bertz CT molecular complexity index is 1280. The number of carbonyl (C=O) groups is 1. The molecular formula is C23H29N3O7S2. The lowest BCUT2D eigenvalue weighted by molar-refractivity contribution is -0.120. The van der Waals surface area contributed by atoms with Crippen LogP contribution in [-0.2, 0) is 24.8 Å². The van der Waals surface area contributed by atoms with Crippen LogP contribution in [0.1, 0.15) is 19.3 Å². The number of sulfonamides is 2. The zero-order chi connectivity index (χ0) is 25.2. The summed E-state index contributed by atoms with van der Waals surface area (Å²) in [5.74, 6) is 0.377. The summed E-state index contributed by atoms with van der Waals surface area (Å²) in [4.78, 5) is 13.0. The van der Waals surface area contributed by atoms with Crippen LogP contribution in [0.2, 0.25) is 0 Å². The first-order chi connectivity index (χ1) is 16.6. The summed E-state index contributed by atoms with van der Waals surface area (Å²) in [7, 11) is -4.38. The van der Waals surface area contributed by atoms with Crippen molar-refractivity contribution in [1.82, 2.24) is 8.61 Å². The Morgan fingerprint density at radius 2 is 1.51 bits per heavy atom. The number of benzene rings is 2. The van der Waals surface area contributed by atoms with Gasteiger partial charge in [-0.1, -0.05) is 0 Å². The summed E-state index contributed by atoms with van der Waals surface area (Å²) >= 11 is 0. The second kappa shape index (κ2) is 10.1. The maximum Gasteiger partial charge on any atom is 0.243 e. The van der Waals surface area contributed by atoms with Gasteiger partial charge in [0.05, 0.1) is 23.0 Å². The van der Waals surface area contributed by atoms with Gasteiger partial charge in [0, 0.05) is 51.3 Å². The minimum absolute atomic E-state index is 0.133. The molecule has 12 heteroatoms. The first-order valence-electron chi connectivity index (χ1n) is 11.3. The van der Waals surface area contributed by atoms with Crippen LogP contribution in [-0.4, -0.2) is 71.8 Å². The molecule has 1 fully saturated rings. The van der Waals surface area contributed by atoms with Gasteiger partial charge in [0.1, 0.15) is 0 Å². The number of nitrogens with one attached hydrogen (secondary N) is 1. The summed E-state index contributed by atoms with van der Waals surface area (Å²) in [5, 5.41) is 2.80. The fourth-order valence-electron chi connectivity index (χ4n) is 3.98. The maximum atomic E-state index is 13.2. The van der Waals surface area contributed by atoms with Crippen LogP contribution in [0.25, 0.3) is 0 Å². The number of rotatable bonds is 6. The topological polar surface area (TPSA) is 122 Å². The molecule has 2 heterocycles. The number of fused-ring (bicyclic) bond motifs is 1. The van der Waals surface area contributed by atoms with E-state index in [9.17, 15) is 21.6 Å². The van der Waals surface area contributed by atoms with Gasteiger partial charge in [-0.2, -0.15) is 4.31 Å². The predicted molar refractivity (Wildman–Crippen MR) is 129 cm³/mol. The molecule has 190 valence electrons. The number of hydrogen-bond acceptors (Lipinski definition) is 7. The van der Waals surface area contributed by atoms with Crippen LogP contribution in [0.5, 0.6) is 11.5 Å². The molecule has 1 saturated heterocycles. The lowest BCUT2D eigenvalue weighted by Gasteiger charge is -2.30. The van der Waals surface area contributed by atoms with Gasteiger partial charge in [-0.05, 0) is 49.2 Å². The Morgan fingerprint density at radius 1 is 0.914 bits per heavy atom. The summed E-state index contributed by atoms with van der Waals surface area (Å²) in [6.07, 6.45) is 1.48. The summed E-state index contributed by atoms with van der Waals surface area (Å²) in [6.45, 7) is 1.42. The Balaban J connectivity index is 1.37. The van der Waals surface area contributed by atoms with Crippen molar-refractivity contribution in [3.63, 3.8) is 0 Å². The van der Waals surface area contributed by atoms with E-state index in [1.807, 2.05) is 0 Å². The van der Waals surface area contributed by atoms with Crippen molar-refractivity contribution in [3.8, 4) is 11.5 Å². The molecule has 2 aromatic rings. The zero-order valence-corrected chi connectivity index (χ0v) is 21.3. The van der Waals surface area contributed by atoms with Crippen LogP contribution in [0.15, 0.2) is 52.3 Å². The molecule has 4 rings (SSSR count). The first kappa shape index (κ1) is 25.4. The van der Waals surface area contributed by atoms with Gasteiger partial charge in [-0.15, -0.1) is 0 Å². The Hall–Kier alpha value is -2.67. The highest BCUT2D eigenvalue weighted by Crippen LogP contribution is 2.34. The summed E-state index contributed by atoms with van der Waals surface area (Å²) < 4.78 is 64.4. The van der Waals surface area contributed by atoms with Gasteiger partial charge in [0.2, 0.25) is 26.0 Å². The molecule has 2 aliphatic rings. The average Bonchev–Trinajstić information content (AvgIpc) is 3.09. The first-order valence-corrected chi connectivity index (χ1v) is 14.2. The van der Waals surface area contributed by atoms with Gasteiger partial charge in [-0.25, -0.2) is 21.1 Å². The smallest absolute Gasteiger partial charge is 0.243 e. The van der Waals surface area contributed by atoms with E-state index in [0.29, 0.717) is 43.2 Å². The molecular weight excluding hydrogens is 494 g/mol. The lowest BCUT2D eigenvalue weighted by atomic mass is 9.97. The third kappa shape index (κ3) is 5.45. The van der Waals surface area contributed by atoms with E-state index in [0.717, 1.165) is 10.7 Å². The molecule has 35 heavy (non-hydrogen) atoms. The standard InChI is InChI=1S/C23H29N3O7S2/c1-25(2)34(28,29)19-6-4-18(5-7-19)24-23(27)17-10-12-26(13-11-17)35(30,31)20-8-9-21-22(16-20)33-15-3-14-32-21/h4-9,16-17H,3,10-15H2,1-2H3,(H,24,27). The predicted octanol–water partition coefficient (Wildman–Crippen LogP) is 2.14. The van der Waals surface area contributed by atoms with Crippen LogP contribution < -0.4 is 14.8 Å².